The molecule has 0 unspecified atom stereocenters. The summed E-state index contributed by atoms with van der Waals surface area (Å²) < 4.78 is 12.0. The molecule has 0 bridgehead atoms. The molecule has 110 valence electrons. The number of pyridine rings is 2. The molecule has 0 radical (unpaired) electrons. The Morgan fingerprint density at radius 3 is 2.71 bits per heavy atom. The summed E-state index contributed by atoms with van der Waals surface area (Å²) in [5, 5.41) is 8.97. The van der Waals surface area contributed by atoms with E-state index in [1.165, 1.54) is 32.7 Å². The second-order valence-electron chi connectivity index (χ2n) is 4.19. The van der Waals surface area contributed by atoms with Crippen molar-refractivity contribution >= 4 is 5.97 Å². The van der Waals surface area contributed by atoms with Crippen LogP contribution < -0.4 is 14.9 Å². The third-order valence-corrected chi connectivity index (χ3v) is 2.91. The van der Waals surface area contributed by atoms with Gasteiger partial charge in [-0.25, -0.2) is 4.79 Å². The average molecular weight is 290 g/mol. The van der Waals surface area contributed by atoms with E-state index in [1.807, 2.05) is 0 Å². The first-order valence-electron chi connectivity index (χ1n) is 6.06. The van der Waals surface area contributed by atoms with E-state index < -0.39 is 11.4 Å². The van der Waals surface area contributed by atoms with Gasteiger partial charge in [-0.05, 0) is 0 Å². The number of carbonyl (C=O) groups is 1. The fourth-order valence-electron chi connectivity index (χ4n) is 1.92. The van der Waals surface area contributed by atoms with Crippen molar-refractivity contribution in [3.63, 3.8) is 0 Å². The fraction of sp³-hybridized carbons (Fsp3) is 0.214. The summed E-state index contributed by atoms with van der Waals surface area (Å²) in [5.74, 6) is -0.266. The molecule has 2 heterocycles. The molecular weight excluding hydrogens is 276 g/mol. The number of carboxylic acids is 1. The Hall–Kier alpha value is -2.83. The summed E-state index contributed by atoms with van der Waals surface area (Å²) in [5.41, 5.74) is -0.263. The van der Waals surface area contributed by atoms with Gasteiger partial charge in [0.05, 0.1) is 20.8 Å². The molecule has 0 amide bonds. The Morgan fingerprint density at radius 1 is 1.33 bits per heavy atom. The quantitative estimate of drug-likeness (QED) is 0.883. The van der Waals surface area contributed by atoms with Gasteiger partial charge >= 0.3 is 5.97 Å². The number of rotatable bonds is 5. The second kappa shape index (κ2) is 6.08. The molecule has 7 nitrogen and oxygen atoms in total. The van der Waals surface area contributed by atoms with E-state index in [0.717, 1.165) is 0 Å². The van der Waals surface area contributed by atoms with E-state index >= 15 is 0 Å². The Morgan fingerprint density at radius 2 is 2.10 bits per heavy atom. The van der Waals surface area contributed by atoms with Crippen LogP contribution in [0.4, 0.5) is 0 Å². The minimum atomic E-state index is -1.26. The van der Waals surface area contributed by atoms with E-state index in [1.54, 1.807) is 16.8 Å². The van der Waals surface area contributed by atoms with Gasteiger partial charge in [-0.3, -0.25) is 9.78 Å². The minimum absolute atomic E-state index is 0.251. The molecule has 0 aliphatic rings. The van der Waals surface area contributed by atoms with Crippen molar-refractivity contribution in [1.29, 1.82) is 0 Å². The highest BCUT2D eigenvalue weighted by molar-refractivity contribution is 5.86. The first-order valence-corrected chi connectivity index (χ1v) is 6.06. The number of aromatic nitrogens is 2. The SMILES string of the molecule is COc1ccnc(Cn2ccc(=O)c(C(=O)O)c2)c1OC. The highest BCUT2D eigenvalue weighted by Crippen LogP contribution is 2.29. The molecule has 0 aliphatic heterocycles. The van der Waals surface area contributed by atoms with Gasteiger partial charge in [0, 0.05) is 30.7 Å². The number of aromatic carboxylic acids is 1. The van der Waals surface area contributed by atoms with Gasteiger partial charge in [0.2, 0.25) is 0 Å². The zero-order valence-corrected chi connectivity index (χ0v) is 11.6. The summed E-state index contributed by atoms with van der Waals surface area (Å²) in [6, 6.07) is 2.87. The van der Waals surface area contributed by atoms with Crippen LogP contribution >= 0.6 is 0 Å². The zero-order valence-electron chi connectivity index (χ0n) is 11.6. The number of ether oxygens (including phenoxy) is 2. The van der Waals surface area contributed by atoms with Crippen molar-refractivity contribution in [2.45, 2.75) is 6.54 Å². The van der Waals surface area contributed by atoms with Crippen molar-refractivity contribution in [1.82, 2.24) is 9.55 Å². The van der Waals surface area contributed by atoms with Crippen LogP contribution in [0.25, 0.3) is 0 Å². The molecule has 0 atom stereocenters. The van der Waals surface area contributed by atoms with Gasteiger partial charge in [-0.15, -0.1) is 0 Å². The molecule has 0 fully saturated rings. The molecule has 0 saturated carbocycles. The Balaban J connectivity index is 2.41. The molecule has 1 N–H and O–H groups in total. The summed E-state index contributed by atoms with van der Waals surface area (Å²) in [7, 11) is 3.01. The zero-order chi connectivity index (χ0) is 15.4. The maximum absolute atomic E-state index is 11.4. The molecular formula is C14H14N2O5. The predicted molar refractivity (Wildman–Crippen MR) is 74.1 cm³/mol. The molecule has 21 heavy (non-hydrogen) atoms. The van der Waals surface area contributed by atoms with Crippen molar-refractivity contribution < 1.29 is 19.4 Å². The second-order valence-corrected chi connectivity index (χ2v) is 4.19. The number of nitrogens with zero attached hydrogens (tertiary/aromatic N) is 2. The summed E-state index contributed by atoms with van der Waals surface area (Å²) in [6.45, 7) is 0.251. The molecule has 0 aliphatic carbocycles. The van der Waals surface area contributed by atoms with Gasteiger partial charge in [-0.2, -0.15) is 0 Å². The molecule has 2 aromatic rings. The lowest BCUT2D eigenvalue weighted by molar-refractivity contribution is 0.0694. The number of hydrogen-bond donors (Lipinski definition) is 1. The van der Waals surface area contributed by atoms with Crippen LogP contribution in [0.1, 0.15) is 16.1 Å². The maximum atomic E-state index is 11.4. The van der Waals surface area contributed by atoms with Crippen LogP contribution in [-0.4, -0.2) is 34.8 Å². The lowest BCUT2D eigenvalue weighted by Crippen LogP contribution is -2.17. The van der Waals surface area contributed by atoms with Gasteiger partial charge in [0.1, 0.15) is 11.3 Å². The Labute approximate surface area is 120 Å². The van der Waals surface area contributed by atoms with Crippen LogP contribution in [0.2, 0.25) is 0 Å². The molecule has 0 aromatic carbocycles. The van der Waals surface area contributed by atoms with Crippen LogP contribution in [0.15, 0.2) is 35.5 Å². The third-order valence-electron chi connectivity index (χ3n) is 2.91. The van der Waals surface area contributed by atoms with Crippen LogP contribution in [0, 0.1) is 0 Å². The van der Waals surface area contributed by atoms with E-state index in [2.05, 4.69) is 4.98 Å². The van der Waals surface area contributed by atoms with Gasteiger partial charge in [-0.1, -0.05) is 0 Å². The van der Waals surface area contributed by atoms with Crippen LogP contribution in [0.5, 0.6) is 11.5 Å². The van der Waals surface area contributed by atoms with Gasteiger partial charge in [0.25, 0.3) is 0 Å². The monoisotopic (exact) mass is 290 g/mol. The van der Waals surface area contributed by atoms with Crippen molar-refractivity contribution in [3.05, 3.63) is 52.2 Å². The van der Waals surface area contributed by atoms with Crippen LogP contribution in [0.3, 0.4) is 0 Å². The molecule has 0 spiro atoms. The largest absolute Gasteiger partial charge is 0.493 e. The first-order chi connectivity index (χ1) is 10.1. The van der Waals surface area contributed by atoms with Crippen molar-refractivity contribution in [2.24, 2.45) is 0 Å². The standard InChI is InChI=1S/C14H14N2O5/c1-20-12-3-5-15-10(13(12)21-2)8-16-6-4-11(17)9(7-16)14(18)19/h3-7H,8H2,1-2H3,(H,18,19). The van der Waals surface area contributed by atoms with Crippen molar-refractivity contribution in [3.8, 4) is 11.5 Å². The third kappa shape index (κ3) is 3.02. The summed E-state index contributed by atoms with van der Waals surface area (Å²) in [6.07, 6.45) is 4.33. The average Bonchev–Trinajstić information content (AvgIpc) is 2.48. The van der Waals surface area contributed by atoms with Crippen molar-refractivity contribution in [2.75, 3.05) is 14.2 Å². The topological polar surface area (TPSA) is 90.7 Å². The minimum Gasteiger partial charge on any atom is -0.493 e. The predicted octanol–water partition coefficient (Wildman–Crippen LogP) is 1.01. The number of hydrogen-bond acceptors (Lipinski definition) is 5. The lowest BCUT2D eigenvalue weighted by Gasteiger charge is -2.13. The fourth-order valence-corrected chi connectivity index (χ4v) is 1.92. The number of carboxylic acid groups (broad SMARTS) is 1. The van der Waals surface area contributed by atoms with E-state index in [9.17, 15) is 9.59 Å². The smallest absolute Gasteiger partial charge is 0.341 e. The molecule has 2 aromatic heterocycles. The first kappa shape index (κ1) is 14.6. The highest BCUT2D eigenvalue weighted by Gasteiger charge is 2.13. The molecule has 7 heteroatoms. The van der Waals surface area contributed by atoms with E-state index in [4.69, 9.17) is 14.6 Å². The van der Waals surface area contributed by atoms with Crippen LogP contribution in [-0.2, 0) is 6.54 Å². The van der Waals surface area contributed by atoms with Gasteiger partial charge in [0.15, 0.2) is 16.9 Å². The van der Waals surface area contributed by atoms with Gasteiger partial charge < -0.3 is 19.1 Å². The molecule has 2 rings (SSSR count). The Kier molecular flexibility index (Phi) is 4.22. The maximum Gasteiger partial charge on any atom is 0.341 e. The Bertz CT molecular complexity index is 724. The summed E-state index contributed by atoms with van der Waals surface area (Å²) in [4.78, 5) is 26.6. The summed E-state index contributed by atoms with van der Waals surface area (Å²) >= 11 is 0. The highest BCUT2D eigenvalue weighted by atomic mass is 16.5. The normalized spacial score (nSPS) is 10.2. The lowest BCUT2D eigenvalue weighted by atomic mass is 10.2. The number of methoxy groups -OCH3 is 2. The molecule has 0 saturated heterocycles. The van der Waals surface area contributed by atoms with E-state index in [-0.39, 0.29) is 12.1 Å². The van der Waals surface area contributed by atoms with E-state index in [0.29, 0.717) is 17.2 Å².